The molecule has 0 amide bonds. The van der Waals surface area contributed by atoms with Gasteiger partial charge in [0.1, 0.15) is 5.82 Å². The molecule has 94 valence electrons. The van der Waals surface area contributed by atoms with E-state index in [-0.39, 0.29) is 24.1 Å². The smallest absolute Gasteiger partial charge is 0.168 e. The Labute approximate surface area is 105 Å². The molecule has 0 aliphatic heterocycles. The van der Waals surface area contributed by atoms with E-state index in [0.29, 0.717) is 5.56 Å². The average molecular weight is 246 g/mol. The van der Waals surface area contributed by atoms with E-state index in [0.717, 1.165) is 5.69 Å². The molecule has 0 spiro atoms. The molecule has 0 aliphatic carbocycles. The maximum absolute atomic E-state index is 12.7. The van der Waals surface area contributed by atoms with E-state index in [1.165, 1.54) is 24.3 Å². The number of carbonyl (C=O) groups is 1. The summed E-state index contributed by atoms with van der Waals surface area (Å²) >= 11 is 0. The molecule has 0 atom stereocenters. The summed E-state index contributed by atoms with van der Waals surface area (Å²) in [6, 6.07) is 7.69. The van der Waals surface area contributed by atoms with Gasteiger partial charge in [0, 0.05) is 17.8 Å². The van der Waals surface area contributed by atoms with Crippen LogP contribution in [0.1, 0.15) is 35.9 Å². The molecule has 2 rings (SSSR count). The van der Waals surface area contributed by atoms with E-state index in [4.69, 9.17) is 0 Å². The van der Waals surface area contributed by atoms with E-state index in [1.54, 1.807) is 0 Å². The fourth-order valence-corrected chi connectivity index (χ4v) is 1.66. The average Bonchev–Trinajstić information content (AvgIpc) is 2.78. The zero-order valence-corrected chi connectivity index (χ0v) is 10.4. The van der Waals surface area contributed by atoms with Gasteiger partial charge in [-0.1, -0.05) is 0 Å². The lowest BCUT2D eigenvalue weighted by molar-refractivity contribution is 0.0991. The van der Waals surface area contributed by atoms with Crippen LogP contribution in [0.15, 0.2) is 36.5 Å². The fraction of sp³-hybridized carbons (Fsp3) is 0.286. The molecule has 0 N–H and O–H groups in total. The van der Waals surface area contributed by atoms with E-state index < -0.39 is 0 Å². The van der Waals surface area contributed by atoms with Crippen molar-refractivity contribution in [1.29, 1.82) is 0 Å². The summed E-state index contributed by atoms with van der Waals surface area (Å²) in [6.45, 7) is 4.05. The van der Waals surface area contributed by atoms with Crippen LogP contribution < -0.4 is 0 Å². The number of Topliss-reactive ketones (excluding diaryl/α,β-unsaturated/α-hetero) is 1. The molecule has 0 radical (unpaired) electrons. The SMILES string of the molecule is CC(C)n1ccc(CC(=O)c2ccc(F)cc2)n1. The summed E-state index contributed by atoms with van der Waals surface area (Å²) < 4.78 is 14.6. The topological polar surface area (TPSA) is 34.9 Å². The van der Waals surface area contributed by atoms with E-state index in [1.807, 2.05) is 30.8 Å². The minimum atomic E-state index is -0.337. The van der Waals surface area contributed by atoms with Gasteiger partial charge in [-0.25, -0.2) is 4.39 Å². The summed E-state index contributed by atoms with van der Waals surface area (Å²) in [4.78, 5) is 11.9. The number of halogens is 1. The zero-order chi connectivity index (χ0) is 13.1. The van der Waals surface area contributed by atoms with Crippen molar-refractivity contribution >= 4 is 5.78 Å². The van der Waals surface area contributed by atoms with E-state index in [2.05, 4.69) is 5.10 Å². The van der Waals surface area contributed by atoms with Gasteiger partial charge in [-0.2, -0.15) is 5.10 Å². The number of benzene rings is 1. The van der Waals surface area contributed by atoms with Crippen LogP contribution in [0.5, 0.6) is 0 Å². The molecular formula is C14H15FN2O. The fourth-order valence-electron chi connectivity index (χ4n) is 1.66. The van der Waals surface area contributed by atoms with Gasteiger partial charge in [0.15, 0.2) is 5.78 Å². The van der Waals surface area contributed by atoms with Crippen molar-refractivity contribution in [2.45, 2.75) is 26.3 Å². The predicted octanol–water partition coefficient (Wildman–Crippen LogP) is 3.03. The Morgan fingerprint density at radius 2 is 1.94 bits per heavy atom. The van der Waals surface area contributed by atoms with Gasteiger partial charge < -0.3 is 0 Å². The molecule has 0 fully saturated rings. The van der Waals surface area contributed by atoms with Crippen LogP contribution in [0.2, 0.25) is 0 Å². The van der Waals surface area contributed by atoms with E-state index >= 15 is 0 Å². The van der Waals surface area contributed by atoms with Crippen LogP contribution in [0.25, 0.3) is 0 Å². The van der Waals surface area contributed by atoms with Crippen LogP contribution in [0.3, 0.4) is 0 Å². The number of ketones is 1. The Balaban J connectivity index is 2.08. The van der Waals surface area contributed by atoms with Crippen molar-refractivity contribution in [3.8, 4) is 0 Å². The molecule has 18 heavy (non-hydrogen) atoms. The van der Waals surface area contributed by atoms with Gasteiger partial charge in [0.05, 0.1) is 12.1 Å². The molecule has 0 bridgehead atoms. The predicted molar refractivity (Wildman–Crippen MR) is 67.0 cm³/mol. The monoisotopic (exact) mass is 246 g/mol. The second-order valence-corrected chi connectivity index (χ2v) is 4.49. The van der Waals surface area contributed by atoms with Gasteiger partial charge in [-0.05, 0) is 44.2 Å². The van der Waals surface area contributed by atoms with Gasteiger partial charge in [-0.15, -0.1) is 0 Å². The summed E-state index contributed by atoms with van der Waals surface area (Å²) in [5, 5.41) is 4.31. The lowest BCUT2D eigenvalue weighted by atomic mass is 10.1. The lowest BCUT2D eigenvalue weighted by Gasteiger charge is -2.03. The molecule has 2 aromatic rings. The Morgan fingerprint density at radius 3 is 2.50 bits per heavy atom. The van der Waals surface area contributed by atoms with Crippen LogP contribution in [-0.2, 0) is 6.42 Å². The summed E-state index contributed by atoms with van der Waals surface area (Å²) in [7, 11) is 0. The molecule has 0 saturated carbocycles. The van der Waals surface area contributed by atoms with Crippen LogP contribution in [-0.4, -0.2) is 15.6 Å². The molecule has 3 nitrogen and oxygen atoms in total. The number of aromatic nitrogens is 2. The molecule has 0 aliphatic rings. The first-order chi connectivity index (χ1) is 8.56. The largest absolute Gasteiger partial charge is 0.294 e. The van der Waals surface area contributed by atoms with Gasteiger partial charge in [0.2, 0.25) is 0 Å². The molecule has 1 aromatic heterocycles. The van der Waals surface area contributed by atoms with Crippen molar-refractivity contribution in [3.63, 3.8) is 0 Å². The molecule has 0 saturated heterocycles. The molecule has 0 unspecified atom stereocenters. The Kier molecular flexibility index (Phi) is 3.55. The third-order valence-corrected chi connectivity index (χ3v) is 2.70. The van der Waals surface area contributed by atoms with Crippen molar-refractivity contribution < 1.29 is 9.18 Å². The normalized spacial score (nSPS) is 10.9. The highest BCUT2D eigenvalue weighted by atomic mass is 19.1. The first-order valence-electron chi connectivity index (χ1n) is 5.89. The van der Waals surface area contributed by atoms with Crippen molar-refractivity contribution in [1.82, 2.24) is 9.78 Å². The second-order valence-electron chi connectivity index (χ2n) is 4.49. The first kappa shape index (κ1) is 12.5. The number of rotatable bonds is 4. The minimum Gasteiger partial charge on any atom is -0.294 e. The van der Waals surface area contributed by atoms with Crippen molar-refractivity contribution in [2.24, 2.45) is 0 Å². The Morgan fingerprint density at radius 1 is 1.28 bits per heavy atom. The summed E-state index contributed by atoms with van der Waals surface area (Å²) in [5.74, 6) is -0.389. The lowest BCUT2D eigenvalue weighted by Crippen LogP contribution is -2.06. The Hall–Kier alpha value is -1.97. The molecular weight excluding hydrogens is 231 g/mol. The van der Waals surface area contributed by atoms with Crippen LogP contribution in [0, 0.1) is 5.82 Å². The number of hydrogen-bond acceptors (Lipinski definition) is 2. The number of hydrogen-bond donors (Lipinski definition) is 0. The third kappa shape index (κ3) is 2.83. The summed E-state index contributed by atoms with van der Waals surface area (Å²) in [6.07, 6.45) is 2.10. The highest BCUT2D eigenvalue weighted by Gasteiger charge is 2.10. The highest BCUT2D eigenvalue weighted by molar-refractivity contribution is 5.97. The van der Waals surface area contributed by atoms with Gasteiger partial charge in [0.25, 0.3) is 0 Å². The standard InChI is InChI=1S/C14H15FN2O/c1-10(2)17-8-7-13(16-17)9-14(18)11-3-5-12(15)6-4-11/h3-8,10H,9H2,1-2H3. The quantitative estimate of drug-likeness (QED) is 0.777. The van der Waals surface area contributed by atoms with Gasteiger partial charge >= 0.3 is 0 Å². The van der Waals surface area contributed by atoms with Crippen molar-refractivity contribution in [3.05, 3.63) is 53.6 Å². The number of carbonyl (C=O) groups excluding carboxylic acids is 1. The molecule has 1 heterocycles. The molecule has 4 heteroatoms. The Bertz CT molecular complexity index is 543. The van der Waals surface area contributed by atoms with Crippen LogP contribution >= 0.6 is 0 Å². The third-order valence-electron chi connectivity index (χ3n) is 2.70. The zero-order valence-electron chi connectivity index (χ0n) is 10.4. The van der Waals surface area contributed by atoms with E-state index in [9.17, 15) is 9.18 Å². The maximum atomic E-state index is 12.7. The van der Waals surface area contributed by atoms with Crippen molar-refractivity contribution in [2.75, 3.05) is 0 Å². The van der Waals surface area contributed by atoms with Crippen LogP contribution in [0.4, 0.5) is 4.39 Å². The highest BCUT2D eigenvalue weighted by Crippen LogP contribution is 2.09. The number of nitrogens with zero attached hydrogens (tertiary/aromatic N) is 2. The maximum Gasteiger partial charge on any atom is 0.168 e. The second kappa shape index (κ2) is 5.12. The van der Waals surface area contributed by atoms with Gasteiger partial charge in [-0.3, -0.25) is 9.48 Å². The molecule has 1 aromatic carbocycles. The minimum absolute atomic E-state index is 0.0518. The summed E-state index contributed by atoms with van der Waals surface area (Å²) in [5.41, 5.74) is 1.24. The first-order valence-corrected chi connectivity index (χ1v) is 5.89.